The second-order valence-corrected chi connectivity index (χ2v) is 5.19. The number of aliphatic hydroxyl groups is 1. The van der Waals surface area contributed by atoms with E-state index in [9.17, 15) is 9.90 Å². The number of rotatable bonds is 4. The van der Waals surface area contributed by atoms with Gasteiger partial charge in [-0.3, -0.25) is 4.90 Å². The first-order chi connectivity index (χ1) is 9.17. The lowest BCUT2D eigenvalue weighted by atomic mass is 10.1. The molecule has 2 unspecified atom stereocenters. The minimum Gasteiger partial charge on any atom is -0.468 e. The topological polar surface area (TPSA) is 49.8 Å². The lowest BCUT2D eigenvalue weighted by molar-refractivity contribution is -0.147. The third-order valence-corrected chi connectivity index (χ3v) is 3.91. The van der Waals surface area contributed by atoms with Crippen LogP contribution < -0.4 is 0 Å². The summed E-state index contributed by atoms with van der Waals surface area (Å²) in [6.07, 6.45) is 0.883. The van der Waals surface area contributed by atoms with Crippen LogP contribution in [-0.2, 0) is 9.53 Å². The summed E-state index contributed by atoms with van der Waals surface area (Å²) in [5.74, 6) is -0.0960. The van der Waals surface area contributed by atoms with Gasteiger partial charge in [0.25, 0.3) is 0 Å². The van der Waals surface area contributed by atoms with Crippen LogP contribution in [0.4, 0.5) is 0 Å². The highest BCUT2D eigenvalue weighted by molar-refractivity contribution is 6.31. The molecule has 0 bridgehead atoms. The summed E-state index contributed by atoms with van der Waals surface area (Å²) in [6.45, 7) is 1.59. The fourth-order valence-corrected chi connectivity index (χ4v) is 2.77. The van der Waals surface area contributed by atoms with E-state index < -0.39 is 6.04 Å². The van der Waals surface area contributed by atoms with Gasteiger partial charge in [-0.25, -0.2) is 4.79 Å². The van der Waals surface area contributed by atoms with Gasteiger partial charge in [0.15, 0.2) is 0 Å². The lowest BCUT2D eigenvalue weighted by Crippen LogP contribution is -2.33. The standard InChI is InChI=1S/C14H18ClNO3/c1-19-14(18)13(11-4-2-3-5-12(11)15)16-7-6-10(8-16)9-17/h2-5,10,13,17H,6-9H2,1H3. The molecule has 4 nitrogen and oxygen atoms in total. The molecule has 1 N–H and O–H groups in total. The SMILES string of the molecule is COC(=O)C(c1ccccc1Cl)N1CCC(CO)C1. The quantitative estimate of drug-likeness (QED) is 0.857. The highest BCUT2D eigenvalue weighted by atomic mass is 35.5. The molecule has 19 heavy (non-hydrogen) atoms. The molecule has 5 heteroatoms. The van der Waals surface area contributed by atoms with Crippen molar-refractivity contribution in [3.05, 3.63) is 34.9 Å². The molecule has 1 fully saturated rings. The van der Waals surface area contributed by atoms with E-state index in [0.29, 0.717) is 11.6 Å². The van der Waals surface area contributed by atoms with E-state index in [0.717, 1.165) is 18.5 Å². The molecular weight excluding hydrogens is 266 g/mol. The summed E-state index contributed by atoms with van der Waals surface area (Å²) in [7, 11) is 1.38. The number of halogens is 1. The van der Waals surface area contributed by atoms with E-state index in [1.165, 1.54) is 7.11 Å². The minimum absolute atomic E-state index is 0.146. The Morgan fingerprint density at radius 3 is 2.89 bits per heavy atom. The van der Waals surface area contributed by atoms with Crippen LogP contribution in [0.3, 0.4) is 0 Å². The Kier molecular flexibility index (Phi) is 4.80. The number of hydrogen-bond acceptors (Lipinski definition) is 4. The van der Waals surface area contributed by atoms with Gasteiger partial charge in [-0.1, -0.05) is 29.8 Å². The van der Waals surface area contributed by atoms with Crippen LogP contribution in [-0.4, -0.2) is 42.8 Å². The molecule has 1 aromatic rings. The Hall–Kier alpha value is -1.10. The van der Waals surface area contributed by atoms with Crippen molar-refractivity contribution < 1.29 is 14.6 Å². The molecule has 1 aliphatic rings. The number of hydrogen-bond donors (Lipinski definition) is 1. The monoisotopic (exact) mass is 283 g/mol. The van der Waals surface area contributed by atoms with Gasteiger partial charge in [0.2, 0.25) is 0 Å². The summed E-state index contributed by atoms with van der Waals surface area (Å²) >= 11 is 6.18. The first-order valence-corrected chi connectivity index (χ1v) is 6.72. The van der Waals surface area contributed by atoms with Crippen molar-refractivity contribution in [1.29, 1.82) is 0 Å². The molecule has 0 saturated carbocycles. The number of aliphatic hydroxyl groups excluding tert-OH is 1. The van der Waals surface area contributed by atoms with Gasteiger partial charge in [-0.2, -0.15) is 0 Å². The molecule has 0 radical (unpaired) electrons. The predicted octanol–water partition coefficient (Wildman–Crippen LogP) is 1.87. The van der Waals surface area contributed by atoms with E-state index in [-0.39, 0.29) is 18.5 Å². The number of nitrogens with zero attached hydrogens (tertiary/aromatic N) is 1. The van der Waals surface area contributed by atoms with Crippen LogP contribution in [0.1, 0.15) is 18.0 Å². The number of benzene rings is 1. The highest BCUT2D eigenvalue weighted by Crippen LogP contribution is 2.32. The van der Waals surface area contributed by atoms with Gasteiger partial charge in [-0.05, 0) is 30.5 Å². The Morgan fingerprint density at radius 1 is 1.58 bits per heavy atom. The van der Waals surface area contributed by atoms with Gasteiger partial charge in [-0.15, -0.1) is 0 Å². The third-order valence-electron chi connectivity index (χ3n) is 3.56. The van der Waals surface area contributed by atoms with Crippen LogP contribution in [0.2, 0.25) is 5.02 Å². The largest absolute Gasteiger partial charge is 0.468 e. The van der Waals surface area contributed by atoms with Crippen LogP contribution in [0.15, 0.2) is 24.3 Å². The smallest absolute Gasteiger partial charge is 0.327 e. The second kappa shape index (κ2) is 6.37. The molecule has 0 aliphatic carbocycles. The fraction of sp³-hybridized carbons (Fsp3) is 0.500. The first-order valence-electron chi connectivity index (χ1n) is 6.34. The van der Waals surface area contributed by atoms with Crippen molar-refractivity contribution in [2.75, 3.05) is 26.8 Å². The maximum Gasteiger partial charge on any atom is 0.327 e. The molecule has 2 rings (SSSR count). The molecule has 0 spiro atoms. The van der Waals surface area contributed by atoms with Crippen LogP contribution in [0.25, 0.3) is 0 Å². The maximum absolute atomic E-state index is 12.1. The summed E-state index contributed by atoms with van der Waals surface area (Å²) < 4.78 is 4.90. The number of likely N-dealkylation sites (tertiary alicyclic amines) is 1. The van der Waals surface area contributed by atoms with Gasteiger partial charge < -0.3 is 9.84 Å². The number of esters is 1. The summed E-state index contributed by atoms with van der Waals surface area (Å²) in [5.41, 5.74) is 0.759. The third kappa shape index (κ3) is 3.08. The van der Waals surface area contributed by atoms with Crippen LogP contribution >= 0.6 is 11.6 Å². The van der Waals surface area contributed by atoms with E-state index in [2.05, 4.69) is 0 Å². The minimum atomic E-state index is -0.491. The van der Waals surface area contributed by atoms with Crippen molar-refractivity contribution in [3.63, 3.8) is 0 Å². The number of ether oxygens (including phenoxy) is 1. The number of carbonyl (C=O) groups excluding carboxylic acids is 1. The summed E-state index contributed by atoms with van der Waals surface area (Å²) in [6, 6.07) is 6.82. The van der Waals surface area contributed by atoms with Crippen LogP contribution in [0, 0.1) is 5.92 Å². The number of methoxy groups -OCH3 is 1. The lowest BCUT2D eigenvalue weighted by Gasteiger charge is -2.26. The van der Waals surface area contributed by atoms with Gasteiger partial charge in [0, 0.05) is 18.2 Å². The molecular formula is C14H18ClNO3. The highest BCUT2D eigenvalue weighted by Gasteiger charge is 2.34. The van der Waals surface area contributed by atoms with E-state index >= 15 is 0 Å². The molecule has 1 aliphatic heterocycles. The summed E-state index contributed by atoms with van der Waals surface area (Å²) in [4.78, 5) is 14.1. The molecule has 0 amide bonds. The first kappa shape index (κ1) is 14.3. The Bertz CT molecular complexity index is 452. The summed E-state index contributed by atoms with van der Waals surface area (Å²) in [5, 5.41) is 9.78. The molecule has 1 saturated heterocycles. The second-order valence-electron chi connectivity index (χ2n) is 4.78. The molecule has 1 heterocycles. The normalized spacial score (nSPS) is 21.3. The van der Waals surface area contributed by atoms with Crippen molar-refractivity contribution in [3.8, 4) is 0 Å². The molecule has 2 atom stereocenters. The molecule has 0 aromatic heterocycles. The average Bonchev–Trinajstić information content (AvgIpc) is 2.89. The van der Waals surface area contributed by atoms with Crippen molar-refractivity contribution in [2.24, 2.45) is 5.92 Å². The fourth-order valence-electron chi connectivity index (χ4n) is 2.53. The average molecular weight is 284 g/mol. The van der Waals surface area contributed by atoms with Crippen molar-refractivity contribution in [2.45, 2.75) is 12.5 Å². The predicted molar refractivity (Wildman–Crippen MR) is 73.0 cm³/mol. The molecule has 104 valence electrons. The number of carbonyl (C=O) groups is 1. The van der Waals surface area contributed by atoms with Crippen LogP contribution in [0.5, 0.6) is 0 Å². The van der Waals surface area contributed by atoms with Gasteiger partial charge in [0.05, 0.1) is 7.11 Å². The van der Waals surface area contributed by atoms with Crippen molar-refractivity contribution >= 4 is 17.6 Å². The zero-order chi connectivity index (χ0) is 13.8. The van der Waals surface area contributed by atoms with E-state index in [1.54, 1.807) is 6.07 Å². The zero-order valence-corrected chi connectivity index (χ0v) is 11.6. The van der Waals surface area contributed by atoms with Gasteiger partial charge in [0.1, 0.15) is 6.04 Å². The zero-order valence-electron chi connectivity index (χ0n) is 10.9. The Labute approximate surface area is 117 Å². The maximum atomic E-state index is 12.1. The Morgan fingerprint density at radius 2 is 2.32 bits per heavy atom. The molecule has 1 aromatic carbocycles. The van der Waals surface area contributed by atoms with E-state index in [4.69, 9.17) is 16.3 Å². The Balaban J connectivity index is 2.27. The van der Waals surface area contributed by atoms with Gasteiger partial charge >= 0.3 is 5.97 Å². The van der Waals surface area contributed by atoms with E-state index in [1.807, 2.05) is 23.1 Å². The van der Waals surface area contributed by atoms with Crippen molar-refractivity contribution in [1.82, 2.24) is 4.90 Å².